The van der Waals surface area contributed by atoms with Gasteiger partial charge in [-0.3, -0.25) is 0 Å². The standard InChI is InChI=1S/C14H22N2O/c1-10(2)13-5-4-8-16(13)11-6-7-12(15)14(9-11)17-3/h6-7,9-10,13H,4-5,8,15H2,1-3H3. The molecule has 1 unspecified atom stereocenters. The Morgan fingerprint density at radius 1 is 1.41 bits per heavy atom. The van der Waals surface area contributed by atoms with E-state index >= 15 is 0 Å². The van der Waals surface area contributed by atoms with Gasteiger partial charge in [0.05, 0.1) is 12.8 Å². The van der Waals surface area contributed by atoms with E-state index in [1.54, 1.807) is 7.11 Å². The maximum Gasteiger partial charge on any atom is 0.143 e. The molecule has 0 radical (unpaired) electrons. The summed E-state index contributed by atoms with van der Waals surface area (Å²) in [6.45, 7) is 5.71. The Morgan fingerprint density at radius 3 is 2.82 bits per heavy atom. The van der Waals surface area contributed by atoms with Crippen LogP contribution in [0.5, 0.6) is 5.75 Å². The average Bonchev–Trinajstić information content (AvgIpc) is 2.78. The van der Waals surface area contributed by atoms with Crippen LogP contribution in [0.4, 0.5) is 11.4 Å². The molecule has 1 aromatic rings. The first kappa shape index (κ1) is 12.1. The molecule has 1 fully saturated rings. The first-order valence-corrected chi connectivity index (χ1v) is 6.33. The van der Waals surface area contributed by atoms with Crippen molar-refractivity contribution in [3.05, 3.63) is 18.2 Å². The van der Waals surface area contributed by atoms with Gasteiger partial charge in [-0.05, 0) is 30.9 Å². The van der Waals surface area contributed by atoms with Crippen molar-refractivity contribution in [2.75, 3.05) is 24.3 Å². The van der Waals surface area contributed by atoms with Crippen LogP contribution < -0.4 is 15.4 Å². The quantitative estimate of drug-likeness (QED) is 0.817. The molecule has 1 atom stereocenters. The highest BCUT2D eigenvalue weighted by atomic mass is 16.5. The van der Waals surface area contributed by atoms with Crippen molar-refractivity contribution in [2.24, 2.45) is 5.92 Å². The summed E-state index contributed by atoms with van der Waals surface area (Å²) in [5.74, 6) is 1.46. The van der Waals surface area contributed by atoms with Crippen LogP contribution in [0.25, 0.3) is 0 Å². The predicted molar refractivity (Wildman–Crippen MR) is 72.6 cm³/mol. The molecule has 2 N–H and O–H groups in total. The number of anilines is 2. The number of rotatable bonds is 3. The highest BCUT2D eigenvalue weighted by Gasteiger charge is 2.27. The second-order valence-electron chi connectivity index (χ2n) is 5.07. The van der Waals surface area contributed by atoms with Gasteiger partial charge in [0.2, 0.25) is 0 Å². The lowest BCUT2D eigenvalue weighted by Crippen LogP contribution is -2.33. The third kappa shape index (κ3) is 2.33. The van der Waals surface area contributed by atoms with Crippen LogP contribution in [0.15, 0.2) is 18.2 Å². The molecular weight excluding hydrogens is 212 g/mol. The van der Waals surface area contributed by atoms with Crippen molar-refractivity contribution < 1.29 is 4.74 Å². The largest absolute Gasteiger partial charge is 0.495 e. The molecule has 1 aliphatic rings. The second kappa shape index (κ2) is 4.86. The lowest BCUT2D eigenvalue weighted by Gasteiger charge is -2.30. The molecule has 0 saturated carbocycles. The van der Waals surface area contributed by atoms with E-state index in [2.05, 4.69) is 30.9 Å². The molecule has 1 aliphatic heterocycles. The van der Waals surface area contributed by atoms with Crippen molar-refractivity contribution in [2.45, 2.75) is 32.7 Å². The number of nitrogens with zero attached hydrogens (tertiary/aromatic N) is 1. The molecule has 0 bridgehead atoms. The van der Waals surface area contributed by atoms with E-state index in [9.17, 15) is 0 Å². The Kier molecular flexibility index (Phi) is 3.46. The monoisotopic (exact) mass is 234 g/mol. The van der Waals surface area contributed by atoms with Crippen LogP contribution in [-0.4, -0.2) is 19.7 Å². The normalized spacial score (nSPS) is 20.0. The van der Waals surface area contributed by atoms with Crippen LogP contribution >= 0.6 is 0 Å². The summed E-state index contributed by atoms with van der Waals surface area (Å²) >= 11 is 0. The highest BCUT2D eigenvalue weighted by molar-refractivity contribution is 5.63. The predicted octanol–water partition coefficient (Wildman–Crippen LogP) is 2.90. The molecule has 0 aliphatic carbocycles. The SMILES string of the molecule is COc1cc(N2CCCC2C(C)C)ccc1N. The van der Waals surface area contributed by atoms with Crippen LogP contribution in [0.3, 0.4) is 0 Å². The van der Waals surface area contributed by atoms with Gasteiger partial charge in [0.15, 0.2) is 0 Å². The molecule has 3 nitrogen and oxygen atoms in total. The summed E-state index contributed by atoms with van der Waals surface area (Å²) in [6, 6.07) is 6.72. The van der Waals surface area contributed by atoms with Gasteiger partial charge in [-0.1, -0.05) is 13.8 Å². The summed E-state index contributed by atoms with van der Waals surface area (Å²) in [7, 11) is 1.67. The Balaban J connectivity index is 2.27. The van der Waals surface area contributed by atoms with Crippen molar-refractivity contribution >= 4 is 11.4 Å². The molecule has 17 heavy (non-hydrogen) atoms. The summed E-state index contributed by atoms with van der Waals surface area (Å²) < 4.78 is 5.29. The van der Waals surface area contributed by atoms with E-state index in [1.807, 2.05) is 6.07 Å². The van der Waals surface area contributed by atoms with Gasteiger partial charge >= 0.3 is 0 Å². The smallest absolute Gasteiger partial charge is 0.143 e. The molecule has 0 amide bonds. The van der Waals surface area contributed by atoms with Gasteiger partial charge in [0, 0.05) is 24.3 Å². The molecule has 1 heterocycles. The second-order valence-corrected chi connectivity index (χ2v) is 5.07. The molecule has 0 aromatic heterocycles. The van der Waals surface area contributed by atoms with Crippen LogP contribution in [0, 0.1) is 5.92 Å². The average molecular weight is 234 g/mol. The Morgan fingerprint density at radius 2 is 2.18 bits per heavy atom. The van der Waals surface area contributed by atoms with E-state index < -0.39 is 0 Å². The Bertz CT molecular complexity index is 390. The number of nitrogen functional groups attached to an aromatic ring is 1. The van der Waals surface area contributed by atoms with E-state index in [4.69, 9.17) is 10.5 Å². The summed E-state index contributed by atoms with van der Waals surface area (Å²) in [6.07, 6.45) is 2.56. The molecule has 3 heteroatoms. The van der Waals surface area contributed by atoms with Crippen molar-refractivity contribution in [3.8, 4) is 5.75 Å². The van der Waals surface area contributed by atoms with Gasteiger partial charge < -0.3 is 15.4 Å². The molecule has 1 saturated heterocycles. The highest BCUT2D eigenvalue weighted by Crippen LogP contribution is 2.33. The first-order chi connectivity index (χ1) is 8.13. The topological polar surface area (TPSA) is 38.5 Å². The minimum absolute atomic E-state index is 0.642. The zero-order valence-electron chi connectivity index (χ0n) is 10.9. The number of methoxy groups -OCH3 is 1. The fraction of sp³-hybridized carbons (Fsp3) is 0.571. The van der Waals surface area contributed by atoms with Crippen molar-refractivity contribution in [3.63, 3.8) is 0 Å². The van der Waals surface area contributed by atoms with E-state index in [1.165, 1.54) is 18.5 Å². The summed E-state index contributed by atoms with van der Waals surface area (Å²) in [5.41, 5.74) is 7.78. The van der Waals surface area contributed by atoms with Crippen LogP contribution in [-0.2, 0) is 0 Å². The van der Waals surface area contributed by atoms with Gasteiger partial charge in [-0.15, -0.1) is 0 Å². The van der Waals surface area contributed by atoms with E-state index in [0.29, 0.717) is 17.6 Å². The summed E-state index contributed by atoms with van der Waals surface area (Å²) in [4.78, 5) is 2.48. The van der Waals surface area contributed by atoms with Gasteiger partial charge in [0.1, 0.15) is 5.75 Å². The number of ether oxygens (including phenoxy) is 1. The minimum atomic E-state index is 0.642. The maximum absolute atomic E-state index is 5.85. The zero-order valence-corrected chi connectivity index (χ0v) is 10.9. The molecular formula is C14H22N2O. The minimum Gasteiger partial charge on any atom is -0.495 e. The fourth-order valence-electron chi connectivity index (χ4n) is 2.68. The zero-order chi connectivity index (χ0) is 12.4. The van der Waals surface area contributed by atoms with E-state index in [0.717, 1.165) is 12.3 Å². The van der Waals surface area contributed by atoms with Crippen molar-refractivity contribution in [1.29, 1.82) is 0 Å². The lowest BCUT2D eigenvalue weighted by atomic mass is 10.0. The maximum atomic E-state index is 5.85. The molecule has 94 valence electrons. The third-order valence-electron chi connectivity index (χ3n) is 3.62. The third-order valence-corrected chi connectivity index (χ3v) is 3.62. The van der Waals surface area contributed by atoms with Gasteiger partial charge in [0.25, 0.3) is 0 Å². The van der Waals surface area contributed by atoms with Crippen molar-refractivity contribution in [1.82, 2.24) is 0 Å². The number of hydrogen-bond acceptors (Lipinski definition) is 3. The lowest BCUT2D eigenvalue weighted by molar-refractivity contribution is 0.416. The van der Waals surface area contributed by atoms with E-state index in [-0.39, 0.29) is 0 Å². The number of hydrogen-bond donors (Lipinski definition) is 1. The molecule has 2 rings (SSSR count). The Hall–Kier alpha value is -1.38. The molecule has 1 aromatic carbocycles. The van der Waals surface area contributed by atoms with Crippen LogP contribution in [0.1, 0.15) is 26.7 Å². The van der Waals surface area contributed by atoms with Gasteiger partial charge in [-0.25, -0.2) is 0 Å². The number of nitrogens with two attached hydrogens (primary N) is 1. The Labute approximate surface area is 104 Å². The molecule has 0 spiro atoms. The summed E-state index contributed by atoms with van der Waals surface area (Å²) in [5, 5.41) is 0. The first-order valence-electron chi connectivity index (χ1n) is 6.33. The van der Waals surface area contributed by atoms with Crippen LogP contribution in [0.2, 0.25) is 0 Å². The van der Waals surface area contributed by atoms with Gasteiger partial charge in [-0.2, -0.15) is 0 Å². The fourth-order valence-corrected chi connectivity index (χ4v) is 2.68. The number of benzene rings is 1.